The molecule has 0 unspecified atom stereocenters. The molecule has 0 spiro atoms. The fourth-order valence-corrected chi connectivity index (χ4v) is 2.04. The molecule has 0 fully saturated rings. The number of hydrogen-bond donors (Lipinski definition) is 1. The Morgan fingerprint density at radius 2 is 2.05 bits per heavy atom. The smallest absolute Gasteiger partial charge is 0.224 e. The number of nitrogens with one attached hydrogen (secondary N) is 1. The molecule has 1 amide bonds. The molecule has 1 N–H and O–H groups in total. The molecule has 0 bridgehead atoms. The number of halogens is 1. The molecule has 0 saturated carbocycles. The quantitative estimate of drug-likeness (QED) is 0.831. The number of hydrogen-bond acceptors (Lipinski definition) is 3. The molecule has 0 heterocycles. The van der Waals surface area contributed by atoms with E-state index in [9.17, 15) is 4.79 Å². The predicted molar refractivity (Wildman–Crippen MR) is 89.5 cm³/mol. The second kappa shape index (κ2) is 10.2. The summed E-state index contributed by atoms with van der Waals surface area (Å²) in [5.74, 6) is 0.966. The van der Waals surface area contributed by atoms with Crippen LogP contribution in [0.1, 0.15) is 46.1 Å². The topological polar surface area (TPSA) is 62.1 Å². The van der Waals surface area contributed by atoms with Gasteiger partial charge in [-0.1, -0.05) is 27.7 Å². The minimum atomic E-state index is -0.0884. The zero-order valence-corrected chi connectivity index (χ0v) is 14.9. The molecule has 4 nitrogen and oxygen atoms in total. The van der Waals surface area contributed by atoms with Crippen LogP contribution in [0.5, 0.6) is 5.75 Å². The van der Waals surface area contributed by atoms with Gasteiger partial charge in [0.15, 0.2) is 0 Å². The first kappa shape index (κ1) is 19.5. The van der Waals surface area contributed by atoms with Crippen molar-refractivity contribution in [1.82, 2.24) is 0 Å². The lowest BCUT2D eigenvalue weighted by molar-refractivity contribution is -0.116. The van der Waals surface area contributed by atoms with Gasteiger partial charge < -0.3 is 10.1 Å². The van der Waals surface area contributed by atoms with Gasteiger partial charge in [0.05, 0.1) is 22.8 Å². The number of carbonyl (C=O) groups is 1. The standard InChI is InChI=1S/C14H17BrN2O2.C2H6/c1-9(2)4-5-14(18)17-12-7-13(19-3)11(15)6-10(12)8-16;1-2/h6-7,9H,4-5H2,1-3H3,(H,17,18);1-2H3. The van der Waals surface area contributed by atoms with Crippen LogP contribution >= 0.6 is 15.9 Å². The van der Waals surface area contributed by atoms with Crippen molar-refractivity contribution in [1.29, 1.82) is 5.26 Å². The zero-order chi connectivity index (χ0) is 16.4. The molecule has 116 valence electrons. The molecule has 1 aromatic carbocycles. The highest BCUT2D eigenvalue weighted by molar-refractivity contribution is 9.10. The van der Waals surface area contributed by atoms with Gasteiger partial charge in [0.1, 0.15) is 11.8 Å². The fourth-order valence-electron chi connectivity index (χ4n) is 1.54. The van der Waals surface area contributed by atoms with Crippen LogP contribution < -0.4 is 10.1 Å². The van der Waals surface area contributed by atoms with Gasteiger partial charge in [0.25, 0.3) is 0 Å². The van der Waals surface area contributed by atoms with Crippen molar-refractivity contribution >= 4 is 27.5 Å². The first-order valence-corrected chi connectivity index (χ1v) is 7.84. The molecule has 21 heavy (non-hydrogen) atoms. The molecule has 5 heteroatoms. The minimum Gasteiger partial charge on any atom is -0.495 e. The number of anilines is 1. The summed E-state index contributed by atoms with van der Waals surface area (Å²) >= 11 is 3.31. The number of rotatable bonds is 5. The average molecular weight is 355 g/mol. The van der Waals surface area contributed by atoms with Crippen LogP contribution in [0, 0.1) is 17.2 Å². The van der Waals surface area contributed by atoms with Crippen LogP contribution in [-0.2, 0) is 4.79 Å². The van der Waals surface area contributed by atoms with Crippen LogP contribution in [0.3, 0.4) is 0 Å². The van der Waals surface area contributed by atoms with E-state index in [-0.39, 0.29) is 5.91 Å². The third kappa shape index (κ3) is 6.63. The van der Waals surface area contributed by atoms with E-state index >= 15 is 0 Å². The van der Waals surface area contributed by atoms with E-state index in [4.69, 9.17) is 10.00 Å². The van der Waals surface area contributed by atoms with Gasteiger partial charge in [0.2, 0.25) is 5.91 Å². The third-order valence-corrected chi connectivity index (χ3v) is 3.25. The number of ether oxygens (including phenoxy) is 1. The highest BCUT2D eigenvalue weighted by Crippen LogP contribution is 2.31. The number of nitriles is 1. The van der Waals surface area contributed by atoms with Gasteiger partial charge in [-0.2, -0.15) is 5.26 Å². The molecular weight excluding hydrogens is 332 g/mol. The first-order valence-electron chi connectivity index (χ1n) is 7.05. The van der Waals surface area contributed by atoms with E-state index < -0.39 is 0 Å². The number of benzene rings is 1. The summed E-state index contributed by atoms with van der Waals surface area (Å²) in [5, 5.41) is 11.8. The Morgan fingerprint density at radius 3 is 2.52 bits per heavy atom. The van der Waals surface area contributed by atoms with Crippen LogP contribution in [0.15, 0.2) is 16.6 Å². The van der Waals surface area contributed by atoms with Crippen molar-refractivity contribution in [2.24, 2.45) is 5.92 Å². The van der Waals surface area contributed by atoms with E-state index in [0.717, 1.165) is 6.42 Å². The van der Waals surface area contributed by atoms with Crippen molar-refractivity contribution in [3.8, 4) is 11.8 Å². The second-order valence-electron chi connectivity index (χ2n) is 4.62. The van der Waals surface area contributed by atoms with Crippen LogP contribution in [-0.4, -0.2) is 13.0 Å². The number of amides is 1. The van der Waals surface area contributed by atoms with Gasteiger partial charge in [-0.05, 0) is 34.3 Å². The molecule has 1 rings (SSSR count). The Hall–Kier alpha value is -1.54. The second-order valence-corrected chi connectivity index (χ2v) is 5.48. The highest BCUT2D eigenvalue weighted by atomic mass is 79.9. The van der Waals surface area contributed by atoms with Gasteiger partial charge in [-0.25, -0.2) is 0 Å². The largest absolute Gasteiger partial charge is 0.495 e. The predicted octanol–water partition coefficient (Wildman–Crippen LogP) is 4.73. The fraction of sp³-hybridized carbons (Fsp3) is 0.500. The van der Waals surface area contributed by atoms with Gasteiger partial charge >= 0.3 is 0 Å². The van der Waals surface area contributed by atoms with Crippen molar-refractivity contribution < 1.29 is 9.53 Å². The Kier molecular flexibility index (Phi) is 9.48. The van der Waals surface area contributed by atoms with Crippen LogP contribution in [0.25, 0.3) is 0 Å². The summed E-state index contributed by atoms with van der Waals surface area (Å²) in [6.07, 6.45) is 1.27. The Balaban J connectivity index is 0.00000191. The maximum atomic E-state index is 11.8. The summed E-state index contributed by atoms with van der Waals surface area (Å²) < 4.78 is 5.84. The summed E-state index contributed by atoms with van der Waals surface area (Å²) in [4.78, 5) is 11.8. The molecule has 0 aliphatic carbocycles. The van der Waals surface area contributed by atoms with Gasteiger partial charge in [0, 0.05) is 12.5 Å². The maximum Gasteiger partial charge on any atom is 0.224 e. The minimum absolute atomic E-state index is 0.0884. The lowest BCUT2D eigenvalue weighted by Crippen LogP contribution is -2.13. The Morgan fingerprint density at radius 1 is 1.43 bits per heavy atom. The van der Waals surface area contributed by atoms with E-state index in [1.807, 2.05) is 13.8 Å². The molecule has 0 atom stereocenters. The molecule has 0 aliphatic heterocycles. The molecule has 0 radical (unpaired) electrons. The normalized spacial score (nSPS) is 9.43. The molecule has 0 aliphatic rings. The SMILES string of the molecule is CC.COc1cc(NC(=O)CCC(C)C)c(C#N)cc1Br. The summed E-state index contributed by atoms with van der Waals surface area (Å²) in [7, 11) is 1.54. The molecule has 1 aromatic rings. The number of nitrogens with zero attached hydrogens (tertiary/aromatic N) is 1. The van der Waals surface area contributed by atoms with Crippen molar-refractivity contribution in [3.05, 3.63) is 22.2 Å². The molecular formula is C16H23BrN2O2. The molecule has 0 aromatic heterocycles. The van der Waals surface area contributed by atoms with Crippen LogP contribution in [0.2, 0.25) is 0 Å². The van der Waals surface area contributed by atoms with Crippen molar-refractivity contribution in [2.75, 3.05) is 12.4 Å². The van der Waals surface area contributed by atoms with Crippen molar-refractivity contribution in [3.63, 3.8) is 0 Å². The summed E-state index contributed by atoms with van der Waals surface area (Å²) in [6.45, 7) is 8.13. The maximum absolute atomic E-state index is 11.8. The monoisotopic (exact) mass is 354 g/mol. The third-order valence-electron chi connectivity index (χ3n) is 2.64. The lowest BCUT2D eigenvalue weighted by Gasteiger charge is -2.11. The number of carbonyl (C=O) groups excluding carboxylic acids is 1. The van der Waals surface area contributed by atoms with Gasteiger partial charge in [-0.3, -0.25) is 4.79 Å². The van der Waals surface area contributed by atoms with Gasteiger partial charge in [-0.15, -0.1) is 0 Å². The Bertz CT molecular complexity index is 508. The zero-order valence-electron chi connectivity index (χ0n) is 13.3. The molecule has 0 saturated heterocycles. The van der Waals surface area contributed by atoms with E-state index in [1.54, 1.807) is 12.1 Å². The van der Waals surface area contributed by atoms with E-state index in [2.05, 4.69) is 41.2 Å². The first-order chi connectivity index (χ1) is 9.97. The lowest BCUT2D eigenvalue weighted by atomic mass is 10.1. The summed E-state index contributed by atoms with van der Waals surface area (Å²) in [6, 6.07) is 5.34. The highest BCUT2D eigenvalue weighted by Gasteiger charge is 2.11. The van der Waals surface area contributed by atoms with Crippen molar-refractivity contribution in [2.45, 2.75) is 40.5 Å². The average Bonchev–Trinajstić information content (AvgIpc) is 2.48. The summed E-state index contributed by atoms with van der Waals surface area (Å²) in [5.41, 5.74) is 0.891. The Labute approximate surface area is 135 Å². The van der Waals surface area contributed by atoms with E-state index in [1.165, 1.54) is 7.11 Å². The van der Waals surface area contributed by atoms with Crippen LogP contribution in [0.4, 0.5) is 5.69 Å². The number of methoxy groups -OCH3 is 1. The van der Waals surface area contributed by atoms with E-state index in [0.29, 0.717) is 33.8 Å².